The van der Waals surface area contributed by atoms with Crippen LogP contribution in [0.4, 0.5) is 11.4 Å². The van der Waals surface area contributed by atoms with Crippen molar-refractivity contribution in [3.8, 4) is 17.4 Å². The molecule has 0 bridgehead atoms. The van der Waals surface area contributed by atoms with Gasteiger partial charge in [0.05, 0.1) is 11.6 Å². The number of likely N-dealkylation sites (tertiary alicyclic amines) is 1. The van der Waals surface area contributed by atoms with Gasteiger partial charge in [0.15, 0.2) is 11.5 Å². The van der Waals surface area contributed by atoms with Crippen molar-refractivity contribution >= 4 is 45.9 Å². The fourth-order valence-corrected chi connectivity index (χ4v) is 10.8. The Morgan fingerprint density at radius 2 is 0.962 bits per heavy atom. The summed E-state index contributed by atoms with van der Waals surface area (Å²) in [6, 6.07) is 47.7. The van der Waals surface area contributed by atoms with Gasteiger partial charge < -0.3 is 34.6 Å². The number of aromatic nitrogens is 8. The zero-order chi connectivity index (χ0) is 99.9. The van der Waals surface area contributed by atoms with Crippen LogP contribution in [0.3, 0.4) is 0 Å². The Morgan fingerprint density at radius 1 is 0.454 bits per heavy atom. The summed E-state index contributed by atoms with van der Waals surface area (Å²) >= 11 is 0. The molecular weight excluding hydrogens is 1610 g/mol. The first-order valence-electron chi connectivity index (χ1n) is 48.4. The van der Waals surface area contributed by atoms with Crippen LogP contribution in [0.1, 0.15) is 354 Å². The van der Waals surface area contributed by atoms with E-state index in [1.165, 1.54) is 52.5 Å². The summed E-state index contributed by atoms with van der Waals surface area (Å²) in [5.41, 5.74) is 12.5. The predicted molar refractivity (Wildman–Crippen MR) is 558 cm³/mol. The average molecular weight is 1790 g/mol. The van der Waals surface area contributed by atoms with Gasteiger partial charge in [0.25, 0.3) is 5.91 Å². The summed E-state index contributed by atoms with van der Waals surface area (Å²) in [6.45, 7) is 78.5. The number of nitrogens with zero attached hydrogens (tertiary/aromatic N) is 9. The molecule has 130 heavy (non-hydrogen) atoms. The third-order valence-electron chi connectivity index (χ3n) is 17.5. The number of amides is 4. The lowest BCUT2D eigenvalue weighted by molar-refractivity contribution is -0.127. The van der Waals surface area contributed by atoms with Gasteiger partial charge in [-0.3, -0.25) is 49.2 Å². The minimum Gasteiger partial charge on any atom is -0.475 e. The summed E-state index contributed by atoms with van der Waals surface area (Å²) in [5, 5.41) is 14.0. The SMILES string of the molecule is CC.CC.CC.CC.CC.CC.CC.CC.CC(C)/C=C/C(=O)N1CCCCC1.CC(C)C(=O)N1CCCc2ccccc21.CC(C)C(=O)Nc1ccncc1.CC(C)NC(=O)c1ccncc1.CC(C)Oc1ccccn1.CC(C)c1ccc2c(c1)OCO2.CC(C)c1ccccn1.CC(C)c1cccnc1.CC(C)c1ccncc1.Cc1[nH]nc2cc(C(C)C)ccc12. The number of para-hydroxylation sites is 1. The molecule has 3 aromatic carbocycles. The number of fused-ring (bicyclic) bond motifs is 3. The number of carbonyl (C=O) groups excluding carboxylic acids is 4. The van der Waals surface area contributed by atoms with Gasteiger partial charge >= 0.3 is 0 Å². The first-order chi connectivity index (χ1) is 62.4. The van der Waals surface area contributed by atoms with Crippen molar-refractivity contribution in [2.45, 2.75) is 330 Å². The van der Waals surface area contributed by atoms with Crippen molar-refractivity contribution in [2.75, 3.05) is 36.6 Å². The fourth-order valence-electron chi connectivity index (χ4n) is 10.8. The zero-order valence-electron chi connectivity index (χ0n) is 87.8. The Kier molecular flexibility index (Phi) is 80.9. The second kappa shape index (κ2) is 82.5. The number of benzene rings is 3. The molecule has 19 nitrogen and oxygen atoms in total. The molecular formula is C111H178N12O7. The molecule has 19 heteroatoms. The Balaban J connectivity index is -0.000000439. The van der Waals surface area contributed by atoms with E-state index in [4.69, 9.17) is 14.2 Å². The third-order valence-corrected chi connectivity index (χ3v) is 17.5. The number of ether oxygens (including phenoxy) is 3. The lowest BCUT2D eigenvalue weighted by Gasteiger charge is -2.30. The molecule has 10 heterocycles. The van der Waals surface area contributed by atoms with Crippen molar-refractivity contribution in [2.24, 2.45) is 17.8 Å². The molecule has 724 valence electrons. The summed E-state index contributed by atoms with van der Waals surface area (Å²) in [4.78, 5) is 73.7. The molecule has 0 aliphatic carbocycles. The molecule has 10 aromatic rings. The Hall–Kier alpha value is -11.0. The molecule has 3 N–H and O–H groups in total. The minimum absolute atomic E-state index is 0.0122. The van der Waals surface area contributed by atoms with Crippen LogP contribution < -0.4 is 29.7 Å². The van der Waals surface area contributed by atoms with E-state index in [2.05, 4.69) is 176 Å². The smallest absolute Gasteiger partial charge is 0.251 e. The molecule has 0 radical (unpaired) electrons. The second-order valence-electron chi connectivity index (χ2n) is 30.8. The highest BCUT2D eigenvalue weighted by atomic mass is 16.7. The number of hydrogen-bond donors (Lipinski definition) is 3. The maximum Gasteiger partial charge on any atom is 0.251 e. The van der Waals surface area contributed by atoms with E-state index in [-0.39, 0.29) is 47.6 Å². The molecule has 13 rings (SSSR count). The van der Waals surface area contributed by atoms with Crippen LogP contribution in [0.5, 0.6) is 17.4 Å². The number of piperidine rings is 1. The van der Waals surface area contributed by atoms with Crippen LogP contribution in [0.15, 0.2) is 220 Å². The predicted octanol–water partition coefficient (Wildman–Crippen LogP) is 30.0. The molecule has 0 saturated carbocycles. The number of hydrogen-bond acceptors (Lipinski definition) is 14. The highest BCUT2D eigenvalue weighted by molar-refractivity contribution is 5.96. The van der Waals surface area contributed by atoms with Crippen molar-refractivity contribution in [3.05, 3.63) is 264 Å². The molecule has 3 aliphatic heterocycles. The summed E-state index contributed by atoms with van der Waals surface area (Å²) < 4.78 is 15.8. The van der Waals surface area contributed by atoms with Gasteiger partial charge in [-0.25, -0.2) is 4.98 Å². The number of carbonyl (C=O) groups is 4. The maximum atomic E-state index is 12.0. The molecule has 1 fully saturated rings. The van der Waals surface area contributed by atoms with Gasteiger partial charge in [-0.15, -0.1) is 0 Å². The van der Waals surface area contributed by atoms with Crippen molar-refractivity contribution in [3.63, 3.8) is 0 Å². The Labute approximate surface area is 791 Å². The van der Waals surface area contributed by atoms with Crippen molar-refractivity contribution in [1.82, 2.24) is 50.3 Å². The van der Waals surface area contributed by atoms with Crippen LogP contribution in [-0.4, -0.2) is 107 Å². The zero-order valence-corrected chi connectivity index (χ0v) is 87.8. The lowest BCUT2D eigenvalue weighted by Crippen LogP contribution is -2.38. The van der Waals surface area contributed by atoms with E-state index >= 15 is 0 Å². The average Bonchev–Trinajstić information content (AvgIpc) is 0.983. The largest absolute Gasteiger partial charge is 0.475 e. The van der Waals surface area contributed by atoms with E-state index in [9.17, 15) is 19.2 Å². The van der Waals surface area contributed by atoms with Gasteiger partial charge in [0.2, 0.25) is 30.4 Å². The molecule has 0 unspecified atom stereocenters. The Morgan fingerprint density at radius 3 is 1.42 bits per heavy atom. The van der Waals surface area contributed by atoms with Crippen LogP contribution in [0, 0.1) is 24.7 Å². The normalized spacial score (nSPS) is 11.1. The van der Waals surface area contributed by atoms with Crippen LogP contribution in [-0.2, 0) is 20.8 Å². The standard InChI is InChI=1S/C13H17NO.C11H14N2.C11H19NO.C10H12O2.2C9H12N2O.C8H11NO.3C8H11N.8C2H6/c1-10(2)13(15)14-9-5-7-11-6-3-4-8-12(11)14;1-7(2)9-4-5-10-8(3)12-13-11(10)6-9;1-10(2)6-7-11(13)12-8-4-3-5-9-12;1-7(2)8-3-4-9-10(5-8)12-6-11-9;1-7(2)11-9(12)8-3-5-10-6-4-8;1-7(2)9(12)11-8-3-5-10-6-4-8;1-7(2)10-8-5-3-4-6-9-8;1-7(2)8-3-5-9-6-4-8;1-7(2)8-4-3-5-9-6-8;1-7(2)8-5-3-4-6-9-8;8*1-2/h3-4,6,8,10H,5,7,9H2,1-2H3;4-7H,1-3H3,(H,12,13);6-7,10H,3-5,8-9H2,1-2H3;3-5,7H,6H2,1-2H3;3-7H,1-2H3,(H,11,12);3-7H,1-2H3,(H,10,11,12);3-7H,1-2H3;3*3-7H,1-2H3;8*1-2H3/b;;7-6+;;;;;;;;;;;;;;;. The molecule has 0 atom stereocenters. The number of nitrogens with one attached hydrogen (secondary N) is 3. The third kappa shape index (κ3) is 58.6. The first kappa shape index (κ1) is 128. The molecule has 0 spiro atoms. The fraction of sp³-hybridized carbons (Fsp3) is 0.505. The van der Waals surface area contributed by atoms with Crippen LogP contribution in [0.25, 0.3) is 10.9 Å². The number of pyridine rings is 6. The van der Waals surface area contributed by atoms with E-state index in [0.29, 0.717) is 53.7 Å². The van der Waals surface area contributed by atoms with Gasteiger partial charge in [-0.2, -0.15) is 5.10 Å². The summed E-state index contributed by atoms with van der Waals surface area (Å²) in [6.07, 6.45) is 27.1. The van der Waals surface area contributed by atoms with Gasteiger partial charge in [0.1, 0.15) is 0 Å². The van der Waals surface area contributed by atoms with Gasteiger partial charge in [-0.05, 0) is 221 Å². The minimum atomic E-state index is -0.0487. The van der Waals surface area contributed by atoms with Gasteiger partial charge in [0, 0.05) is 139 Å². The van der Waals surface area contributed by atoms with Crippen LogP contribution in [0.2, 0.25) is 0 Å². The summed E-state index contributed by atoms with van der Waals surface area (Å²) in [7, 11) is 0. The molecule has 1 saturated heterocycles. The number of allylic oxidation sites excluding steroid dienone is 1. The van der Waals surface area contributed by atoms with E-state index in [0.717, 1.165) is 72.3 Å². The number of anilines is 2. The number of rotatable bonds is 14. The molecule has 7 aromatic heterocycles. The second-order valence-corrected chi connectivity index (χ2v) is 30.8. The molecule has 3 aliphatic rings. The van der Waals surface area contributed by atoms with Crippen molar-refractivity contribution < 1.29 is 33.4 Å². The van der Waals surface area contributed by atoms with E-state index in [1.807, 2.05) is 293 Å². The van der Waals surface area contributed by atoms with Gasteiger partial charge in [-0.1, -0.05) is 282 Å². The van der Waals surface area contributed by atoms with E-state index < -0.39 is 0 Å². The first-order valence-corrected chi connectivity index (χ1v) is 48.4. The number of aromatic amines is 1. The Bertz CT molecular complexity index is 4200. The monoisotopic (exact) mass is 1790 g/mol. The van der Waals surface area contributed by atoms with E-state index in [1.54, 1.807) is 67.5 Å². The quantitative estimate of drug-likeness (QED) is 0.0860. The van der Waals surface area contributed by atoms with Crippen LogP contribution >= 0.6 is 0 Å². The highest BCUT2D eigenvalue weighted by Crippen LogP contribution is 2.35. The molecule has 4 amide bonds. The van der Waals surface area contributed by atoms with Crippen molar-refractivity contribution in [1.29, 1.82) is 0 Å². The number of aryl methyl sites for hydroxylation is 2. The topological polar surface area (TPSA) is 233 Å². The maximum absolute atomic E-state index is 12.0. The highest BCUT2D eigenvalue weighted by Gasteiger charge is 2.24. The number of H-pyrrole nitrogens is 1. The lowest BCUT2D eigenvalue weighted by atomic mass is 10.0. The summed E-state index contributed by atoms with van der Waals surface area (Å²) in [5.74, 6) is 6.27.